The molecule has 0 heterocycles. The van der Waals surface area contributed by atoms with Gasteiger partial charge >= 0.3 is 85.7 Å². The first-order valence-corrected chi connectivity index (χ1v) is 7.66. The van der Waals surface area contributed by atoms with Crippen LogP contribution in [0.25, 0.3) is 0 Å². The molecule has 0 bridgehead atoms. The van der Waals surface area contributed by atoms with Gasteiger partial charge in [-0.1, -0.05) is 0 Å². The van der Waals surface area contributed by atoms with Crippen molar-refractivity contribution in [1.29, 1.82) is 0 Å². The molecule has 1 aromatic carbocycles. The van der Waals surface area contributed by atoms with Crippen molar-refractivity contribution in [2.24, 2.45) is 0 Å². The zero-order valence-corrected chi connectivity index (χ0v) is 10.2. The first kappa shape index (κ1) is 10.0. The van der Waals surface area contributed by atoms with Gasteiger partial charge in [0.15, 0.2) is 0 Å². The SMILES string of the molecule is CCc1cc(CC)cc([I-]C)c1. The van der Waals surface area contributed by atoms with Crippen molar-refractivity contribution < 1.29 is 21.2 Å². The molecule has 0 N–H and O–H groups in total. The van der Waals surface area contributed by atoms with E-state index in [-0.39, 0.29) is 21.2 Å². The number of alkyl halides is 1. The Hall–Kier alpha value is -0.0500. The number of rotatable bonds is 3. The first-order valence-electron chi connectivity index (χ1n) is 4.42. The molecule has 68 valence electrons. The first-order chi connectivity index (χ1) is 5.80. The van der Waals surface area contributed by atoms with Crippen LogP contribution in [0.1, 0.15) is 25.0 Å². The second kappa shape index (κ2) is 4.85. The van der Waals surface area contributed by atoms with E-state index in [9.17, 15) is 0 Å². The molecule has 0 spiro atoms. The average Bonchev–Trinajstić information content (AvgIpc) is 2.16. The summed E-state index contributed by atoms with van der Waals surface area (Å²) in [6.45, 7) is 4.46. The van der Waals surface area contributed by atoms with Crippen LogP contribution in [0.5, 0.6) is 0 Å². The molecule has 0 saturated heterocycles. The third-order valence-electron chi connectivity index (χ3n) is 2.05. The van der Waals surface area contributed by atoms with Crippen LogP contribution in [-0.2, 0) is 12.8 Å². The maximum absolute atomic E-state index is 2.37. The number of halogens is 1. The minimum absolute atomic E-state index is 0.264. The molecule has 1 rings (SSSR count). The van der Waals surface area contributed by atoms with Crippen molar-refractivity contribution in [2.45, 2.75) is 26.7 Å². The number of hydrogen-bond donors (Lipinski definition) is 0. The third-order valence-corrected chi connectivity index (χ3v) is 3.92. The standard InChI is InChI=1S/C11H16I/c1-4-9-6-10(5-2)8-11(7-9)12-3/h6-8H,4-5H2,1-3H3/q-1. The normalized spacial score (nSPS) is 10.6. The van der Waals surface area contributed by atoms with Gasteiger partial charge in [0.05, 0.1) is 0 Å². The van der Waals surface area contributed by atoms with Crippen molar-refractivity contribution in [3.63, 3.8) is 0 Å². The van der Waals surface area contributed by atoms with Gasteiger partial charge in [-0.3, -0.25) is 0 Å². The monoisotopic (exact) mass is 275 g/mol. The Labute approximate surface area is 85.6 Å². The maximum atomic E-state index is 2.37. The zero-order valence-electron chi connectivity index (χ0n) is 8.02. The van der Waals surface area contributed by atoms with E-state index in [0.29, 0.717) is 0 Å². The molecule has 0 fully saturated rings. The average molecular weight is 275 g/mol. The van der Waals surface area contributed by atoms with E-state index in [0.717, 1.165) is 0 Å². The van der Waals surface area contributed by atoms with E-state index in [4.69, 9.17) is 0 Å². The molecular weight excluding hydrogens is 259 g/mol. The molecule has 0 nitrogen and oxygen atoms in total. The number of hydrogen-bond acceptors (Lipinski definition) is 0. The van der Waals surface area contributed by atoms with E-state index in [1.54, 1.807) is 3.57 Å². The van der Waals surface area contributed by atoms with Crippen LogP contribution in [-0.4, -0.2) is 4.93 Å². The van der Waals surface area contributed by atoms with Gasteiger partial charge in [-0.15, -0.1) is 0 Å². The molecule has 0 radical (unpaired) electrons. The Kier molecular flexibility index (Phi) is 4.06. The Morgan fingerprint density at radius 1 is 1.00 bits per heavy atom. The molecule has 0 aliphatic carbocycles. The van der Waals surface area contributed by atoms with Gasteiger partial charge in [0.2, 0.25) is 0 Å². The molecule has 0 unspecified atom stereocenters. The molecule has 0 aromatic heterocycles. The van der Waals surface area contributed by atoms with Crippen molar-refractivity contribution in [1.82, 2.24) is 0 Å². The quantitative estimate of drug-likeness (QED) is 0.525. The summed E-state index contributed by atoms with van der Waals surface area (Å²) in [5.74, 6) is 0. The Bertz CT molecular complexity index is 198. The van der Waals surface area contributed by atoms with E-state index in [2.05, 4.69) is 37.0 Å². The van der Waals surface area contributed by atoms with Crippen molar-refractivity contribution in [3.8, 4) is 0 Å². The predicted octanol–water partition coefficient (Wildman–Crippen LogP) is -0.300. The van der Waals surface area contributed by atoms with Crippen LogP contribution in [0.2, 0.25) is 0 Å². The van der Waals surface area contributed by atoms with Crippen molar-refractivity contribution in [2.75, 3.05) is 4.93 Å². The summed E-state index contributed by atoms with van der Waals surface area (Å²) >= 11 is 0.264. The van der Waals surface area contributed by atoms with Crippen LogP contribution in [0.3, 0.4) is 0 Å². The second-order valence-electron chi connectivity index (χ2n) is 2.86. The van der Waals surface area contributed by atoms with E-state index >= 15 is 0 Å². The Balaban J connectivity index is 3.01. The van der Waals surface area contributed by atoms with E-state index in [1.165, 1.54) is 24.0 Å². The molecule has 0 amide bonds. The summed E-state index contributed by atoms with van der Waals surface area (Å²) in [5, 5.41) is 0. The molecule has 0 aliphatic rings. The van der Waals surface area contributed by atoms with Crippen LogP contribution < -0.4 is 21.2 Å². The summed E-state index contributed by atoms with van der Waals surface area (Å²) in [6.07, 6.45) is 2.34. The van der Waals surface area contributed by atoms with Gasteiger partial charge in [-0.2, -0.15) is 0 Å². The fourth-order valence-electron chi connectivity index (χ4n) is 1.23. The molecular formula is C11H16I-. The zero-order chi connectivity index (χ0) is 8.97. The van der Waals surface area contributed by atoms with Crippen LogP contribution in [0.4, 0.5) is 0 Å². The number of benzene rings is 1. The van der Waals surface area contributed by atoms with Gasteiger partial charge in [-0.25, -0.2) is 0 Å². The summed E-state index contributed by atoms with van der Waals surface area (Å²) in [6, 6.07) is 7.07. The summed E-state index contributed by atoms with van der Waals surface area (Å²) in [4.78, 5) is 2.33. The fourth-order valence-corrected chi connectivity index (χ4v) is 2.66. The predicted molar refractivity (Wildman–Crippen MR) is 49.8 cm³/mol. The topological polar surface area (TPSA) is 0 Å². The summed E-state index contributed by atoms with van der Waals surface area (Å²) in [5.41, 5.74) is 3.01. The van der Waals surface area contributed by atoms with Gasteiger partial charge in [-0.05, 0) is 0 Å². The molecule has 1 heteroatoms. The fraction of sp³-hybridized carbons (Fsp3) is 0.455. The molecule has 12 heavy (non-hydrogen) atoms. The number of aryl methyl sites for hydroxylation is 2. The van der Waals surface area contributed by atoms with E-state index in [1.807, 2.05) is 0 Å². The molecule has 0 aliphatic heterocycles. The van der Waals surface area contributed by atoms with Crippen LogP contribution in [0.15, 0.2) is 18.2 Å². The molecule has 0 saturated carbocycles. The summed E-state index contributed by atoms with van der Waals surface area (Å²) in [7, 11) is 0. The van der Waals surface area contributed by atoms with Crippen LogP contribution >= 0.6 is 0 Å². The van der Waals surface area contributed by atoms with Gasteiger partial charge < -0.3 is 0 Å². The third kappa shape index (κ3) is 2.47. The van der Waals surface area contributed by atoms with Crippen LogP contribution in [0, 0.1) is 3.57 Å². The van der Waals surface area contributed by atoms with Gasteiger partial charge in [0.25, 0.3) is 0 Å². The molecule has 0 atom stereocenters. The molecule has 1 aromatic rings. The van der Waals surface area contributed by atoms with Gasteiger partial charge in [0.1, 0.15) is 0 Å². The Morgan fingerprint density at radius 3 is 1.83 bits per heavy atom. The van der Waals surface area contributed by atoms with Crippen molar-refractivity contribution in [3.05, 3.63) is 32.9 Å². The Morgan fingerprint density at radius 2 is 1.50 bits per heavy atom. The second-order valence-corrected chi connectivity index (χ2v) is 5.19. The van der Waals surface area contributed by atoms with Crippen molar-refractivity contribution >= 4 is 0 Å². The van der Waals surface area contributed by atoms with E-state index < -0.39 is 0 Å². The summed E-state index contributed by atoms with van der Waals surface area (Å²) < 4.78 is 1.59. The minimum atomic E-state index is 0.264. The van der Waals surface area contributed by atoms with Gasteiger partial charge in [0, 0.05) is 0 Å².